The molecular formula is C24H26O11. The summed E-state index contributed by atoms with van der Waals surface area (Å²) in [6.45, 7) is -0.421. The quantitative estimate of drug-likeness (QED) is 0.449. The predicted molar refractivity (Wildman–Crippen MR) is 119 cm³/mol. The number of benzene rings is 2. The van der Waals surface area contributed by atoms with Crippen molar-refractivity contribution in [1.82, 2.24) is 0 Å². The third kappa shape index (κ3) is 4.27. The topological polar surface area (TPSA) is 146 Å². The molecule has 0 aliphatic carbocycles. The van der Waals surface area contributed by atoms with E-state index in [1.807, 2.05) is 12.1 Å². The van der Waals surface area contributed by atoms with Gasteiger partial charge in [-0.3, -0.25) is 0 Å². The molecule has 1 saturated heterocycles. The fraction of sp³-hybridized carbons (Fsp3) is 0.417. The first-order valence-electron chi connectivity index (χ1n) is 10.9. The van der Waals surface area contributed by atoms with Crippen LogP contribution in [0.1, 0.15) is 11.1 Å². The second kappa shape index (κ2) is 9.53. The van der Waals surface area contributed by atoms with E-state index in [0.29, 0.717) is 28.6 Å². The monoisotopic (exact) mass is 490 g/mol. The maximum absolute atomic E-state index is 10.2. The van der Waals surface area contributed by atoms with Gasteiger partial charge >= 0.3 is 0 Å². The molecule has 0 saturated carbocycles. The first-order valence-corrected chi connectivity index (χ1v) is 10.9. The second-order valence-corrected chi connectivity index (χ2v) is 8.21. The fourth-order valence-electron chi connectivity index (χ4n) is 4.22. The Kier molecular flexibility index (Phi) is 6.45. The molecule has 2 aromatic carbocycles. The smallest absolute Gasteiger partial charge is 0.231 e. The molecule has 11 nitrogen and oxygen atoms in total. The average Bonchev–Trinajstić information content (AvgIpc) is 3.34. The molecular weight excluding hydrogens is 464 g/mol. The van der Waals surface area contributed by atoms with Crippen LogP contribution in [0.4, 0.5) is 0 Å². The minimum absolute atomic E-state index is 0.130. The molecule has 4 N–H and O–H groups in total. The summed E-state index contributed by atoms with van der Waals surface area (Å²) in [6.07, 6.45) is -5.81. The molecule has 3 aliphatic heterocycles. The van der Waals surface area contributed by atoms with Gasteiger partial charge in [0.05, 0.1) is 13.7 Å². The highest BCUT2D eigenvalue weighted by molar-refractivity contribution is 5.89. The average molecular weight is 490 g/mol. The Morgan fingerprint density at radius 2 is 1.71 bits per heavy atom. The van der Waals surface area contributed by atoms with Crippen molar-refractivity contribution in [2.75, 3.05) is 27.6 Å². The van der Waals surface area contributed by atoms with Crippen LogP contribution in [0.3, 0.4) is 0 Å². The summed E-state index contributed by atoms with van der Waals surface area (Å²) in [4.78, 5) is 0. The fourth-order valence-corrected chi connectivity index (χ4v) is 4.22. The van der Waals surface area contributed by atoms with Crippen molar-refractivity contribution in [2.45, 2.75) is 37.0 Å². The third-order valence-electron chi connectivity index (χ3n) is 6.10. The molecule has 11 heteroatoms. The Morgan fingerprint density at radius 3 is 2.43 bits per heavy atom. The van der Waals surface area contributed by atoms with Gasteiger partial charge in [-0.1, -0.05) is 0 Å². The van der Waals surface area contributed by atoms with Crippen LogP contribution in [0.5, 0.6) is 28.7 Å². The van der Waals surface area contributed by atoms with Crippen molar-refractivity contribution in [2.24, 2.45) is 0 Å². The van der Waals surface area contributed by atoms with E-state index in [0.717, 1.165) is 11.1 Å². The molecule has 0 aromatic heterocycles. The zero-order valence-corrected chi connectivity index (χ0v) is 19.0. The lowest BCUT2D eigenvalue weighted by Crippen LogP contribution is -2.60. The van der Waals surface area contributed by atoms with Gasteiger partial charge in [-0.15, -0.1) is 0 Å². The van der Waals surface area contributed by atoms with Crippen molar-refractivity contribution < 1.29 is 53.6 Å². The summed E-state index contributed by atoms with van der Waals surface area (Å²) in [7, 11) is 3.07. The van der Waals surface area contributed by atoms with E-state index in [4.69, 9.17) is 33.2 Å². The van der Waals surface area contributed by atoms with Crippen molar-refractivity contribution in [3.63, 3.8) is 0 Å². The molecule has 5 rings (SSSR count). The first-order chi connectivity index (χ1) is 16.9. The molecule has 0 amide bonds. The summed E-state index contributed by atoms with van der Waals surface area (Å²) in [6, 6.07) is 8.54. The number of fused-ring (bicyclic) bond motifs is 2. The Bertz CT molecular complexity index is 1110. The molecule has 188 valence electrons. The highest BCUT2D eigenvalue weighted by Gasteiger charge is 2.44. The summed E-state index contributed by atoms with van der Waals surface area (Å²) in [5.74, 6) is 2.47. The Balaban J connectivity index is 1.43. The number of hydrogen-bond donors (Lipinski definition) is 4. The van der Waals surface area contributed by atoms with Crippen LogP contribution in [0.25, 0.3) is 11.6 Å². The van der Waals surface area contributed by atoms with Crippen molar-refractivity contribution in [3.05, 3.63) is 41.5 Å². The molecule has 1 fully saturated rings. The minimum Gasteiger partial charge on any atom is -0.496 e. The summed E-state index contributed by atoms with van der Waals surface area (Å²) in [5.41, 5.74) is 2.16. The van der Waals surface area contributed by atoms with Crippen LogP contribution in [0.15, 0.2) is 30.3 Å². The van der Waals surface area contributed by atoms with Crippen LogP contribution in [0, 0.1) is 0 Å². The predicted octanol–water partition coefficient (Wildman–Crippen LogP) is 0.508. The van der Waals surface area contributed by atoms with Gasteiger partial charge in [0, 0.05) is 35.9 Å². The van der Waals surface area contributed by atoms with Crippen LogP contribution in [0.2, 0.25) is 0 Å². The van der Waals surface area contributed by atoms with Gasteiger partial charge in [-0.2, -0.15) is 0 Å². The number of hydrogen-bond acceptors (Lipinski definition) is 11. The van der Waals surface area contributed by atoms with Gasteiger partial charge in [-0.25, -0.2) is 0 Å². The molecule has 35 heavy (non-hydrogen) atoms. The van der Waals surface area contributed by atoms with E-state index in [1.54, 1.807) is 31.4 Å². The van der Waals surface area contributed by atoms with Gasteiger partial charge in [0.2, 0.25) is 19.4 Å². The molecule has 0 bridgehead atoms. The van der Waals surface area contributed by atoms with Gasteiger partial charge in [-0.05, 0) is 24.3 Å². The van der Waals surface area contributed by atoms with E-state index in [1.165, 1.54) is 7.11 Å². The Morgan fingerprint density at radius 1 is 0.943 bits per heavy atom. The Labute approximate surface area is 200 Å². The Hall–Kier alpha value is -3.06. The van der Waals surface area contributed by atoms with E-state index >= 15 is 0 Å². The van der Waals surface area contributed by atoms with Gasteiger partial charge in [0.15, 0.2) is 11.5 Å². The number of methoxy groups -OCH3 is 2. The van der Waals surface area contributed by atoms with Crippen LogP contribution < -0.4 is 23.7 Å². The highest BCUT2D eigenvalue weighted by Crippen LogP contribution is 2.45. The number of rotatable bonds is 6. The largest absolute Gasteiger partial charge is 0.496 e. The third-order valence-corrected chi connectivity index (χ3v) is 6.10. The number of aliphatic hydroxyl groups excluding tert-OH is 4. The van der Waals surface area contributed by atoms with Crippen LogP contribution >= 0.6 is 0 Å². The second-order valence-electron chi connectivity index (χ2n) is 8.21. The maximum Gasteiger partial charge on any atom is 0.231 e. The zero-order valence-electron chi connectivity index (χ0n) is 19.0. The van der Waals surface area contributed by atoms with Gasteiger partial charge in [0.1, 0.15) is 41.7 Å². The van der Waals surface area contributed by atoms with Crippen molar-refractivity contribution in [1.29, 1.82) is 0 Å². The van der Waals surface area contributed by atoms with Crippen LogP contribution in [-0.2, 0) is 9.47 Å². The lowest BCUT2D eigenvalue weighted by Gasteiger charge is -2.39. The molecule has 0 spiro atoms. The van der Waals surface area contributed by atoms with E-state index in [-0.39, 0.29) is 12.5 Å². The van der Waals surface area contributed by atoms with Gasteiger partial charge < -0.3 is 53.6 Å². The van der Waals surface area contributed by atoms with Crippen molar-refractivity contribution in [3.8, 4) is 28.7 Å². The molecule has 0 unspecified atom stereocenters. The van der Waals surface area contributed by atoms with Gasteiger partial charge in [0.25, 0.3) is 0 Å². The van der Waals surface area contributed by atoms with E-state index in [9.17, 15) is 20.4 Å². The number of ether oxygens (including phenoxy) is 7. The highest BCUT2D eigenvalue weighted by atomic mass is 16.7. The summed E-state index contributed by atoms with van der Waals surface area (Å²) < 4.78 is 39.3. The molecule has 2 aromatic rings. The first kappa shape index (κ1) is 23.7. The lowest BCUT2D eigenvalue weighted by atomic mass is 9.98. The minimum atomic E-state index is -1.54. The lowest BCUT2D eigenvalue weighted by molar-refractivity contribution is -0.277. The number of aliphatic hydroxyl groups is 4. The summed E-state index contributed by atoms with van der Waals surface area (Å²) >= 11 is 0. The maximum atomic E-state index is 10.2. The molecule has 0 radical (unpaired) electrons. The van der Waals surface area contributed by atoms with E-state index in [2.05, 4.69) is 0 Å². The summed E-state index contributed by atoms with van der Waals surface area (Å²) in [5, 5.41) is 39.6. The van der Waals surface area contributed by atoms with Crippen molar-refractivity contribution >= 4 is 11.6 Å². The normalized spacial score (nSPS) is 29.1. The SMILES string of the molecule is COc1cc2c(cc1C1=Cc3ccc(O[C@@H]4O[C@H](CO)[C@@H](O)[C@H](O)[C@H]4O)cc3O[C@@H]1OC)OCO2. The molecule has 3 aliphatic rings. The standard InChI is InChI=1S/C24H26O11/c1-29-16-8-18-17(31-10-32-18)7-13(16)14-5-11-3-4-12(6-15(11)34-23(14)30-2)33-24-22(28)21(27)20(26)19(9-25)35-24/h3-8,19-28H,9-10H2,1-2H3/t19-,20-,21+,22-,23+,24-/m1/s1. The molecule has 6 atom stereocenters. The van der Waals surface area contributed by atoms with Crippen LogP contribution in [-0.4, -0.2) is 85.0 Å². The van der Waals surface area contributed by atoms with E-state index < -0.39 is 43.6 Å². The molecule has 3 heterocycles. The zero-order chi connectivity index (χ0) is 24.7.